The van der Waals surface area contributed by atoms with Crippen LogP contribution in [0.1, 0.15) is 25.3 Å². The quantitative estimate of drug-likeness (QED) is 0.523. The molecule has 0 saturated carbocycles. The summed E-state index contributed by atoms with van der Waals surface area (Å²) in [6.07, 6.45) is 0. The molecule has 0 spiro atoms. The summed E-state index contributed by atoms with van der Waals surface area (Å²) in [6, 6.07) is 7.96. The Morgan fingerprint density at radius 2 is 1.67 bits per heavy atom. The van der Waals surface area contributed by atoms with Crippen LogP contribution in [0.15, 0.2) is 24.3 Å². The predicted molar refractivity (Wildman–Crippen MR) is 50.8 cm³/mol. The number of hydrogen-bond donors (Lipinski definition) is 2. The van der Waals surface area contributed by atoms with Gasteiger partial charge in [-0.3, -0.25) is 10.5 Å². The molecule has 0 aliphatic rings. The van der Waals surface area contributed by atoms with E-state index in [1.807, 2.05) is 18.2 Å². The van der Waals surface area contributed by atoms with Gasteiger partial charge >= 0.3 is 0 Å². The highest BCUT2D eigenvalue weighted by molar-refractivity contribution is 6.31. The Morgan fingerprint density at radius 1 is 1.17 bits per heavy atom. The Bertz CT molecular complexity index is 224. The summed E-state index contributed by atoms with van der Waals surface area (Å²) < 4.78 is 0. The summed E-state index contributed by atoms with van der Waals surface area (Å²) in [6.45, 7) is 4.28. The van der Waals surface area contributed by atoms with Crippen molar-refractivity contribution in [3.8, 4) is 0 Å². The molecule has 0 bridgehead atoms. The van der Waals surface area contributed by atoms with Crippen molar-refractivity contribution in [2.24, 2.45) is 0 Å². The highest BCUT2D eigenvalue weighted by Crippen LogP contribution is 2.22. The van der Waals surface area contributed by atoms with Gasteiger partial charge in [0.2, 0.25) is 0 Å². The fraction of sp³-hybridized carbons (Fsp3) is 0.333. The molecule has 1 rings (SSSR count). The van der Waals surface area contributed by atoms with Crippen LogP contribution in [0.25, 0.3) is 0 Å². The van der Waals surface area contributed by atoms with E-state index in [1.165, 1.54) is 5.56 Å². The molecule has 68 valence electrons. The second-order valence-electron chi connectivity index (χ2n) is 2.68. The smallest absolute Gasteiger partial charge is 0.0440 e. The van der Waals surface area contributed by atoms with Crippen LogP contribution in [0.3, 0.4) is 0 Å². The topological polar surface area (TPSA) is 40.5 Å². The van der Waals surface area contributed by atoms with Crippen molar-refractivity contribution in [2.75, 3.05) is 0 Å². The first-order valence-electron chi connectivity index (χ1n) is 3.66. The molecule has 12 heavy (non-hydrogen) atoms. The van der Waals surface area contributed by atoms with E-state index in [0.717, 1.165) is 5.02 Å². The molecule has 0 aliphatic heterocycles. The molecule has 0 saturated heterocycles. The lowest BCUT2D eigenvalue weighted by molar-refractivity contribution is -0.176. The van der Waals surface area contributed by atoms with Crippen molar-refractivity contribution in [2.45, 2.75) is 19.8 Å². The Hall–Kier alpha value is -0.570. The van der Waals surface area contributed by atoms with E-state index in [4.69, 9.17) is 22.1 Å². The number of halogens is 1. The molecule has 3 heteroatoms. The molecular weight excluding hydrogens is 176 g/mol. The van der Waals surface area contributed by atoms with Gasteiger partial charge in [0.15, 0.2) is 0 Å². The number of hydrogen-bond acceptors (Lipinski definition) is 2. The van der Waals surface area contributed by atoms with E-state index in [2.05, 4.69) is 19.9 Å². The van der Waals surface area contributed by atoms with Crippen molar-refractivity contribution < 1.29 is 10.5 Å². The first-order chi connectivity index (χ1) is 5.72. The van der Waals surface area contributed by atoms with Gasteiger partial charge in [0.25, 0.3) is 0 Å². The fourth-order valence-electron chi connectivity index (χ4n) is 0.943. The van der Waals surface area contributed by atoms with Crippen LogP contribution in [0.2, 0.25) is 5.02 Å². The van der Waals surface area contributed by atoms with Crippen LogP contribution in [0.4, 0.5) is 0 Å². The third-order valence-corrected chi connectivity index (χ3v) is 1.87. The number of rotatable bonds is 1. The van der Waals surface area contributed by atoms with E-state index >= 15 is 0 Å². The van der Waals surface area contributed by atoms with Gasteiger partial charge in [0.05, 0.1) is 0 Å². The van der Waals surface area contributed by atoms with Crippen LogP contribution in [-0.4, -0.2) is 10.5 Å². The molecule has 1 aromatic carbocycles. The number of benzene rings is 1. The first-order valence-corrected chi connectivity index (χ1v) is 4.04. The van der Waals surface area contributed by atoms with Gasteiger partial charge < -0.3 is 0 Å². The van der Waals surface area contributed by atoms with Gasteiger partial charge in [-0.25, -0.2) is 0 Å². The minimum atomic E-state index is 0.522. The minimum absolute atomic E-state index is 0.522. The summed E-state index contributed by atoms with van der Waals surface area (Å²) in [7, 11) is 0. The Kier molecular flexibility index (Phi) is 5.72. The molecule has 2 nitrogen and oxygen atoms in total. The van der Waals surface area contributed by atoms with Crippen molar-refractivity contribution in [3.05, 3.63) is 34.9 Å². The van der Waals surface area contributed by atoms with Crippen LogP contribution < -0.4 is 0 Å². The Morgan fingerprint density at radius 3 is 2.00 bits per heavy atom. The van der Waals surface area contributed by atoms with Crippen molar-refractivity contribution in [1.29, 1.82) is 0 Å². The molecule has 0 aromatic heterocycles. The molecule has 0 amide bonds. The van der Waals surface area contributed by atoms with Gasteiger partial charge in [0, 0.05) is 5.02 Å². The molecular formula is C9H13ClO2. The van der Waals surface area contributed by atoms with E-state index < -0.39 is 0 Å². The molecule has 0 radical (unpaired) electrons. The summed E-state index contributed by atoms with van der Waals surface area (Å²) in [5.74, 6) is 0.522. The van der Waals surface area contributed by atoms with Crippen molar-refractivity contribution in [3.63, 3.8) is 0 Å². The average Bonchev–Trinajstić information content (AvgIpc) is 2.08. The molecule has 1 aromatic rings. The Labute approximate surface area is 77.4 Å². The van der Waals surface area contributed by atoms with Crippen molar-refractivity contribution in [1.82, 2.24) is 0 Å². The van der Waals surface area contributed by atoms with Crippen molar-refractivity contribution >= 4 is 11.6 Å². The second-order valence-corrected chi connectivity index (χ2v) is 3.08. The van der Waals surface area contributed by atoms with E-state index in [1.54, 1.807) is 0 Å². The lowest BCUT2D eigenvalue weighted by Crippen LogP contribution is -1.86. The highest BCUT2D eigenvalue weighted by atomic mass is 35.5. The van der Waals surface area contributed by atoms with Crippen LogP contribution in [0, 0.1) is 0 Å². The van der Waals surface area contributed by atoms with E-state index in [0.29, 0.717) is 5.92 Å². The Balaban J connectivity index is 0.000000561. The van der Waals surface area contributed by atoms with Gasteiger partial charge in [-0.15, -0.1) is 0 Å². The SMILES string of the molecule is CC(C)c1ccccc1Cl.OO. The van der Waals surface area contributed by atoms with Gasteiger partial charge in [-0.05, 0) is 17.5 Å². The van der Waals surface area contributed by atoms with Crippen LogP contribution in [0.5, 0.6) is 0 Å². The van der Waals surface area contributed by atoms with E-state index in [9.17, 15) is 0 Å². The molecule has 0 heterocycles. The summed E-state index contributed by atoms with van der Waals surface area (Å²) in [5.41, 5.74) is 1.23. The largest absolute Gasteiger partial charge is 0.255 e. The van der Waals surface area contributed by atoms with Gasteiger partial charge in [-0.1, -0.05) is 43.6 Å². The summed E-state index contributed by atoms with van der Waals surface area (Å²) in [5, 5.41) is 12.9. The normalized spacial score (nSPS) is 9.17. The third kappa shape index (κ3) is 3.22. The lowest BCUT2D eigenvalue weighted by atomic mass is 10.0. The van der Waals surface area contributed by atoms with Crippen LogP contribution in [-0.2, 0) is 0 Å². The zero-order chi connectivity index (χ0) is 9.56. The molecule has 0 atom stereocenters. The first kappa shape index (κ1) is 11.4. The summed E-state index contributed by atoms with van der Waals surface area (Å²) >= 11 is 5.92. The average molecular weight is 189 g/mol. The molecule has 0 aliphatic carbocycles. The zero-order valence-corrected chi connectivity index (χ0v) is 7.92. The minimum Gasteiger partial charge on any atom is -0.255 e. The predicted octanol–water partition coefficient (Wildman–Crippen LogP) is 3.48. The third-order valence-electron chi connectivity index (χ3n) is 1.53. The van der Waals surface area contributed by atoms with Crippen LogP contribution >= 0.6 is 11.6 Å². The monoisotopic (exact) mass is 188 g/mol. The molecule has 0 fully saturated rings. The maximum absolute atomic E-state index is 6.00. The van der Waals surface area contributed by atoms with E-state index in [-0.39, 0.29) is 0 Å². The zero-order valence-electron chi connectivity index (χ0n) is 7.16. The standard InChI is InChI=1S/C9H11Cl.H2O2/c1-7(2)8-5-3-4-6-9(8)10;1-2/h3-7H,1-2H3;1-2H. The van der Waals surface area contributed by atoms with Gasteiger partial charge in [0.1, 0.15) is 0 Å². The van der Waals surface area contributed by atoms with Gasteiger partial charge in [-0.2, -0.15) is 0 Å². The summed E-state index contributed by atoms with van der Waals surface area (Å²) in [4.78, 5) is 0. The second kappa shape index (κ2) is 6.00. The maximum atomic E-state index is 6.00. The maximum Gasteiger partial charge on any atom is 0.0440 e. The molecule has 2 N–H and O–H groups in total. The molecule has 0 unspecified atom stereocenters. The lowest BCUT2D eigenvalue weighted by Gasteiger charge is -2.05. The fourth-order valence-corrected chi connectivity index (χ4v) is 1.30. The highest BCUT2D eigenvalue weighted by Gasteiger charge is 2.01.